The summed E-state index contributed by atoms with van der Waals surface area (Å²) in [6, 6.07) is 3.39. The van der Waals surface area contributed by atoms with Gasteiger partial charge in [0.05, 0.1) is 18.2 Å². The predicted molar refractivity (Wildman–Crippen MR) is 85.3 cm³/mol. The number of rotatable bonds is 3. The van der Waals surface area contributed by atoms with Crippen LogP contribution in [0.2, 0.25) is 0 Å². The maximum Gasteiger partial charge on any atom is 0.220 e. The van der Waals surface area contributed by atoms with Crippen LogP contribution in [0.25, 0.3) is 0 Å². The summed E-state index contributed by atoms with van der Waals surface area (Å²) in [5.41, 5.74) is 1.25. The third-order valence-corrected chi connectivity index (χ3v) is 4.56. The van der Waals surface area contributed by atoms with Crippen LogP contribution in [-0.2, 0) is 4.74 Å². The molecule has 0 unspecified atom stereocenters. The minimum atomic E-state index is -0.295. The number of nitrogens with zero attached hydrogens (tertiary/aromatic N) is 1. The Morgan fingerprint density at radius 2 is 1.95 bits per heavy atom. The molecular formula is C18H24FNO2. The zero-order valence-corrected chi connectivity index (χ0v) is 13.6. The molecule has 0 aromatic heterocycles. The van der Waals surface area contributed by atoms with Gasteiger partial charge in [-0.25, -0.2) is 9.38 Å². The highest BCUT2D eigenvalue weighted by atomic mass is 19.1. The van der Waals surface area contributed by atoms with Gasteiger partial charge in [0.25, 0.3) is 0 Å². The number of hydrogen-bond acceptors (Lipinski definition) is 3. The summed E-state index contributed by atoms with van der Waals surface area (Å²) in [6.07, 6.45) is 5.85. The third-order valence-electron chi connectivity index (χ3n) is 4.56. The van der Waals surface area contributed by atoms with Crippen LogP contribution in [0.4, 0.5) is 4.39 Å². The van der Waals surface area contributed by atoms with Crippen LogP contribution < -0.4 is 4.74 Å². The average molecular weight is 305 g/mol. The van der Waals surface area contributed by atoms with Crippen LogP contribution in [0, 0.1) is 5.82 Å². The topological polar surface area (TPSA) is 30.8 Å². The fraction of sp³-hybridized carbons (Fsp3) is 0.611. The first kappa shape index (κ1) is 15.3. The van der Waals surface area contributed by atoms with Crippen LogP contribution in [0.15, 0.2) is 17.1 Å². The number of aliphatic imine (C=N–C) groups is 1. The van der Waals surface area contributed by atoms with Crippen molar-refractivity contribution >= 4 is 5.90 Å². The molecule has 0 saturated heterocycles. The smallest absolute Gasteiger partial charge is 0.220 e. The van der Waals surface area contributed by atoms with E-state index in [0.717, 1.165) is 18.4 Å². The van der Waals surface area contributed by atoms with E-state index in [1.165, 1.54) is 25.3 Å². The predicted octanol–water partition coefficient (Wildman–Crippen LogP) is 4.44. The van der Waals surface area contributed by atoms with E-state index in [9.17, 15) is 4.39 Å². The van der Waals surface area contributed by atoms with Crippen LogP contribution in [0.5, 0.6) is 5.75 Å². The summed E-state index contributed by atoms with van der Waals surface area (Å²) in [4.78, 5) is 4.58. The van der Waals surface area contributed by atoms with E-state index in [-0.39, 0.29) is 11.4 Å². The van der Waals surface area contributed by atoms with Crippen molar-refractivity contribution in [2.24, 2.45) is 4.99 Å². The Labute approximate surface area is 131 Å². The SMILES string of the molecule is COc1cc(F)c(C2=NC(C)(C)CO2)c(C2CCCCC2)c1. The molecule has 1 fully saturated rings. The Kier molecular flexibility index (Phi) is 4.11. The minimum absolute atomic E-state index is 0.286. The van der Waals surface area contributed by atoms with E-state index < -0.39 is 0 Å². The lowest BCUT2D eigenvalue weighted by molar-refractivity contribution is 0.278. The summed E-state index contributed by atoms with van der Waals surface area (Å²) in [5, 5.41) is 0. The van der Waals surface area contributed by atoms with Gasteiger partial charge >= 0.3 is 0 Å². The van der Waals surface area contributed by atoms with Crippen LogP contribution >= 0.6 is 0 Å². The maximum absolute atomic E-state index is 14.7. The van der Waals surface area contributed by atoms with Gasteiger partial charge in [-0.1, -0.05) is 19.3 Å². The molecule has 1 aromatic rings. The Morgan fingerprint density at radius 1 is 1.23 bits per heavy atom. The standard InChI is InChI=1S/C18H24FNO2/c1-18(2)11-22-17(20-18)16-14(12-7-5-4-6-8-12)9-13(21-3)10-15(16)19/h9-10,12H,4-8,11H2,1-3H3. The van der Waals surface area contributed by atoms with Crippen molar-refractivity contribution in [3.63, 3.8) is 0 Å². The van der Waals surface area contributed by atoms with Gasteiger partial charge in [0, 0.05) is 6.07 Å². The van der Waals surface area contributed by atoms with Crippen LogP contribution in [-0.4, -0.2) is 25.2 Å². The zero-order chi connectivity index (χ0) is 15.7. The molecule has 0 amide bonds. The van der Waals surface area contributed by atoms with Crippen molar-refractivity contribution in [3.8, 4) is 5.75 Å². The highest BCUT2D eigenvalue weighted by Gasteiger charge is 2.32. The van der Waals surface area contributed by atoms with Gasteiger partial charge in [-0.05, 0) is 44.2 Å². The molecule has 3 nitrogen and oxygen atoms in total. The Bertz CT molecular complexity index is 589. The van der Waals surface area contributed by atoms with Crippen molar-refractivity contribution in [2.45, 2.75) is 57.4 Å². The van der Waals surface area contributed by atoms with E-state index in [2.05, 4.69) is 4.99 Å². The number of methoxy groups -OCH3 is 1. The first-order chi connectivity index (χ1) is 10.5. The molecule has 22 heavy (non-hydrogen) atoms. The highest BCUT2D eigenvalue weighted by Crippen LogP contribution is 2.38. The fourth-order valence-corrected chi connectivity index (χ4v) is 3.39. The molecular weight excluding hydrogens is 281 g/mol. The van der Waals surface area contributed by atoms with Gasteiger partial charge in [0.2, 0.25) is 5.90 Å². The van der Waals surface area contributed by atoms with E-state index in [1.807, 2.05) is 19.9 Å². The summed E-state index contributed by atoms with van der Waals surface area (Å²) in [6.45, 7) is 4.50. The third kappa shape index (κ3) is 2.96. The lowest BCUT2D eigenvalue weighted by Crippen LogP contribution is -2.17. The van der Waals surface area contributed by atoms with Gasteiger partial charge in [0.15, 0.2) is 0 Å². The lowest BCUT2D eigenvalue weighted by Gasteiger charge is -2.25. The van der Waals surface area contributed by atoms with Crippen molar-refractivity contribution in [1.82, 2.24) is 0 Å². The molecule has 0 spiro atoms. The van der Waals surface area contributed by atoms with Crippen molar-refractivity contribution < 1.29 is 13.9 Å². The molecule has 2 aliphatic rings. The first-order valence-electron chi connectivity index (χ1n) is 8.10. The van der Waals surface area contributed by atoms with Gasteiger partial charge in [0.1, 0.15) is 18.2 Å². The molecule has 1 aromatic carbocycles. The maximum atomic E-state index is 14.7. The van der Waals surface area contributed by atoms with E-state index >= 15 is 0 Å². The molecule has 0 N–H and O–H groups in total. The molecule has 1 aliphatic carbocycles. The van der Waals surface area contributed by atoms with E-state index in [1.54, 1.807) is 7.11 Å². The number of benzene rings is 1. The highest BCUT2D eigenvalue weighted by molar-refractivity contribution is 5.97. The lowest BCUT2D eigenvalue weighted by atomic mass is 9.81. The van der Waals surface area contributed by atoms with Gasteiger partial charge in [-0.15, -0.1) is 0 Å². The summed E-state index contributed by atoms with van der Waals surface area (Å²) < 4.78 is 25.7. The monoisotopic (exact) mass is 305 g/mol. The second kappa shape index (κ2) is 5.90. The minimum Gasteiger partial charge on any atom is -0.497 e. The second-order valence-electron chi connectivity index (χ2n) is 6.93. The molecule has 1 saturated carbocycles. The molecule has 3 rings (SSSR count). The van der Waals surface area contributed by atoms with E-state index in [0.29, 0.717) is 29.7 Å². The van der Waals surface area contributed by atoms with E-state index in [4.69, 9.17) is 9.47 Å². The number of ether oxygens (including phenoxy) is 2. The van der Waals surface area contributed by atoms with Crippen molar-refractivity contribution in [1.29, 1.82) is 0 Å². The normalized spacial score (nSPS) is 21.4. The Balaban J connectivity index is 2.07. The number of hydrogen-bond donors (Lipinski definition) is 0. The van der Waals surface area contributed by atoms with Gasteiger partial charge < -0.3 is 9.47 Å². The molecule has 0 radical (unpaired) electrons. The summed E-state index contributed by atoms with van der Waals surface area (Å²) in [5.74, 6) is 1.09. The Morgan fingerprint density at radius 3 is 2.55 bits per heavy atom. The molecule has 4 heteroatoms. The molecule has 0 atom stereocenters. The number of halogens is 1. The van der Waals surface area contributed by atoms with Crippen molar-refractivity contribution in [2.75, 3.05) is 13.7 Å². The Hall–Kier alpha value is -1.58. The summed E-state index contributed by atoms with van der Waals surface area (Å²) >= 11 is 0. The largest absolute Gasteiger partial charge is 0.497 e. The first-order valence-corrected chi connectivity index (χ1v) is 8.10. The average Bonchev–Trinajstić information content (AvgIpc) is 2.87. The molecule has 1 aliphatic heterocycles. The molecule has 0 bridgehead atoms. The van der Waals surface area contributed by atoms with Gasteiger partial charge in [-0.3, -0.25) is 0 Å². The summed E-state index contributed by atoms with van der Waals surface area (Å²) in [7, 11) is 1.58. The van der Waals surface area contributed by atoms with Gasteiger partial charge in [-0.2, -0.15) is 0 Å². The fourth-order valence-electron chi connectivity index (χ4n) is 3.39. The zero-order valence-electron chi connectivity index (χ0n) is 13.6. The quantitative estimate of drug-likeness (QED) is 0.826. The van der Waals surface area contributed by atoms with Crippen LogP contribution in [0.3, 0.4) is 0 Å². The molecule has 120 valence electrons. The second-order valence-corrected chi connectivity index (χ2v) is 6.93. The van der Waals surface area contributed by atoms with Crippen LogP contribution in [0.1, 0.15) is 63.0 Å². The molecule has 1 heterocycles. The van der Waals surface area contributed by atoms with Crippen molar-refractivity contribution in [3.05, 3.63) is 29.1 Å².